The van der Waals surface area contributed by atoms with Crippen molar-refractivity contribution < 1.29 is 28.6 Å². The number of benzene rings is 1. The highest BCUT2D eigenvalue weighted by Crippen LogP contribution is 2.21. The van der Waals surface area contributed by atoms with E-state index in [1.54, 1.807) is 71.9 Å². The van der Waals surface area contributed by atoms with E-state index in [2.05, 4.69) is 0 Å². The molecule has 2 amide bonds. The number of amides is 2. The van der Waals surface area contributed by atoms with Gasteiger partial charge in [-0.1, -0.05) is 18.2 Å². The maximum atomic E-state index is 13.0. The molecule has 0 saturated heterocycles. The average Bonchev–Trinajstić information content (AvgIpc) is 2.58. The number of nitrogens with zero attached hydrogens (tertiary/aromatic N) is 1. The lowest BCUT2D eigenvalue weighted by atomic mass is 10.1. The Kier molecular flexibility index (Phi) is 9.29. The van der Waals surface area contributed by atoms with Gasteiger partial charge in [-0.05, 0) is 79.5 Å². The number of imide groups is 1. The number of hydrogen-bond donors (Lipinski definition) is 1. The van der Waals surface area contributed by atoms with Crippen LogP contribution in [-0.4, -0.2) is 46.8 Å². The first-order chi connectivity index (χ1) is 13.8. The van der Waals surface area contributed by atoms with Gasteiger partial charge < -0.3 is 19.9 Å². The third kappa shape index (κ3) is 9.26. The molecule has 0 aliphatic heterocycles. The summed E-state index contributed by atoms with van der Waals surface area (Å²) in [6.45, 7) is 10.4. The van der Waals surface area contributed by atoms with Gasteiger partial charge in [0, 0.05) is 0 Å². The van der Waals surface area contributed by atoms with Gasteiger partial charge in [0.05, 0.1) is 0 Å². The fourth-order valence-corrected chi connectivity index (χ4v) is 2.46. The van der Waals surface area contributed by atoms with Crippen molar-refractivity contribution in [3.63, 3.8) is 0 Å². The maximum absolute atomic E-state index is 13.0. The predicted molar refractivity (Wildman–Crippen MR) is 113 cm³/mol. The van der Waals surface area contributed by atoms with Crippen LogP contribution in [0.2, 0.25) is 0 Å². The number of carbonyl (C=O) groups is 3. The summed E-state index contributed by atoms with van der Waals surface area (Å²) >= 11 is 0. The van der Waals surface area contributed by atoms with Crippen molar-refractivity contribution in [2.45, 2.75) is 78.0 Å². The predicted octanol–water partition coefficient (Wildman–Crippen LogP) is 4.26. The number of hydrogen-bond acceptors (Lipinski definition) is 7. The molecule has 0 aliphatic rings. The van der Waals surface area contributed by atoms with E-state index in [-0.39, 0.29) is 6.42 Å². The Balaban J connectivity index is 3.24. The van der Waals surface area contributed by atoms with Gasteiger partial charge in [-0.2, -0.15) is 4.90 Å². The molecule has 0 fully saturated rings. The van der Waals surface area contributed by atoms with Gasteiger partial charge >= 0.3 is 18.2 Å². The van der Waals surface area contributed by atoms with E-state index < -0.39 is 35.4 Å². The third-order valence-electron chi connectivity index (χ3n) is 3.66. The lowest BCUT2D eigenvalue weighted by Gasteiger charge is -2.32. The smallest absolute Gasteiger partial charge is 0.420 e. The van der Waals surface area contributed by atoms with Gasteiger partial charge in [0.15, 0.2) is 0 Å². The number of rotatable bonds is 7. The number of ether oxygens (including phenoxy) is 3. The molecule has 0 bridgehead atoms. The second-order valence-corrected chi connectivity index (χ2v) is 8.87. The summed E-state index contributed by atoms with van der Waals surface area (Å²) in [5, 5.41) is 0. The fraction of sp³-hybridized carbons (Fsp3) is 0.591. The minimum absolute atomic E-state index is 0.168. The summed E-state index contributed by atoms with van der Waals surface area (Å²) in [7, 11) is 0. The minimum atomic E-state index is -1.22. The number of nitrogens with two attached hydrogens (primary N) is 1. The number of unbranched alkanes of at least 4 members (excludes halogenated alkanes) is 1. The molecule has 2 N–H and O–H groups in total. The molecule has 0 radical (unpaired) electrons. The molecule has 0 spiro atoms. The highest BCUT2D eigenvalue weighted by molar-refractivity contribution is 5.94. The lowest BCUT2D eigenvalue weighted by Crippen LogP contribution is -2.53. The maximum Gasteiger partial charge on any atom is 0.420 e. The quantitative estimate of drug-likeness (QED) is 0.397. The molecule has 0 saturated carbocycles. The van der Waals surface area contributed by atoms with E-state index >= 15 is 0 Å². The summed E-state index contributed by atoms with van der Waals surface area (Å²) in [4.78, 5) is 39.5. The van der Waals surface area contributed by atoms with Gasteiger partial charge in [0.2, 0.25) is 0 Å². The zero-order chi connectivity index (χ0) is 22.9. The zero-order valence-electron chi connectivity index (χ0n) is 18.8. The van der Waals surface area contributed by atoms with Crippen LogP contribution in [0.25, 0.3) is 0 Å². The standard InChI is InChI=1S/C22H34N2O6/c1-21(2,3)29-19(26)24(20(27)30-22(4,5)6)17(14-10-11-15-23)18(25)28-16-12-8-7-9-13-16/h7-9,12-13,17H,10-11,14-15,23H2,1-6H3/t17-/m0/s1. The van der Waals surface area contributed by atoms with Crippen molar-refractivity contribution in [1.82, 2.24) is 4.90 Å². The Morgan fingerprint density at radius 2 is 1.40 bits per heavy atom. The molecule has 1 aromatic rings. The molecule has 0 unspecified atom stereocenters. The normalized spacial score (nSPS) is 12.6. The highest BCUT2D eigenvalue weighted by Gasteiger charge is 2.41. The molecule has 1 atom stereocenters. The summed E-state index contributed by atoms with van der Waals surface area (Å²) in [6, 6.07) is 7.21. The van der Waals surface area contributed by atoms with Crippen molar-refractivity contribution in [3.05, 3.63) is 30.3 Å². The monoisotopic (exact) mass is 422 g/mol. The van der Waals surface area contributed by atoms with Crippen molar-refractivity contribution in [2.24, 2.45) is 5.73 Å². The molecule has 168 valence electrons. The molecule has 1 rings (SSSR count). The van der Waals surface area contributed by atoms with Gasteiger partial charge in [-0.25, -0.2) is 14.4 Å². The number of esters is 1. The fourth-order valence-electron chi connectivity index (χ4n) is 2.46. The Hall–Kier alpha value is -2.61. The first kappa shape index (κ1) is 25.4. The van der Waals surface area contributed by atoms with Crippen molar-refractivity contribution in [3.8, 4) is 5.75 Å². The van der Waals surface area contributed by atoms with Crippen LogP contribution in [0.1, 0.15) is 60.8 Å². The van der Waals surface area contributed by atoms with Crippen molar-refractivity contribution in [2.75, 3.05) is 6.54 Å². The van der Waals surface area contributed by atoms with Crippen LogP contribution in [0.15, 0.2) is 30.3 Å². The van der Waals surface area contributed by atoms with E-state index in [1.807, 2.05) is 0 Å². The highest BCUT2D eigenvalue weighted by atomic mass is 16.6. The van der Waals surface area contributed by atoms with Crippen LogP contribution in [0, 0.1) is 0 Å². The van der Waals surface area contributed by atoms with Crippen LogP contribution >= 0.6 is 0 Å². The topological polar surface area (TPSA) is 108 Å². The van der Waals surface area contributed by atoms with Gasteiger partial charge in [-0.3, -0.25) is 0 Å². The lowest BCUT2D eigenvalue weighted by molar-refractivity contribution is -0.140. The van der Waals surface area contributed by atoms with Crippen LogP contribution in [0.4, 0.5) is 9.59 Å². The SMILES string of the molecule is CC(C)(C)OC(=O)N(C(=O)OC(C)(C)C)[C@@H](CCCCN)C(=O)Oc1ccccc1. The van der Waals surface area contributed by atoms with E-state index in [4.69, 9.17) is 19.9 Å². The summed E-state index contributed by atoms with van der Waals surface area (Å²) in [5.41, 5.74) is 3.82. The summed E-state index contributed by atoms with van der Waals surface area (Å²) < 4.78 is 16.2. The Labute approximate surface area is 178 Å². The van der Waals surface area contributed by atoms with Gasteiger partial charge in [0.25, 0.3) is 0 Å². The third-order valence-corrected chi connectivity index (χ3v) is 3.66. The van der Waals surface area contributed by atoms with Gasteiger partial charge in [-0.15, -0.1) is 0 Å². The van der Waals surface area contributed by atoms with Gasteiger partial charge in [0.1, 0.15) is 23.0 Å². The van der Waals surface area contributed by atoms with E-state index in [0.29, 0.717) is 30.0 Å². The average molecular weight is 423 g/mol. The molecular formula is C22H34N2O6. The molecular weight excluding hydrogens is 388 g/mol. The Morgan fingerprint density at radius 1 is 0.900 bits per heavy atom. The van der Waals surface area contributed by atoms with Crippen molar-refractivity contribution in [1.29, 1.82) is 0 Å². The molecule has 0 aromatic heterocycles. The zero-order valence-corrected chi connectivity index (χ0v) is 18.8. The van der Waals surface area contributed by atoms with Crippen LogP contribution in [-0.2, 0) is 14.3 Å². The Morgan fingerprint density at radius 3 is 1.83 bits per heavy atom. The number of para-hydroxylation sites is 1. The van der Waals surface area contributed by atoms with Crippen LogP contribution in [0.5, 0.6) is 5.75 Å². The second-order valence-electron chi connectivity index (χ2n) is 8.87. The molecule has 1 aromatic carbocycles. The molecule has 30 heavy (non-hydrogen) atoms. The summed E-state index contributed by atoms with van der Waals surface area (Å²) in [5.74, 6) is -0.449. The molecule has 0 heterocycles. The number of carbonyl (C=O) groups excluding carboxylic acids is 3. The first-order valence-corrected chi connectivity index (χ1v) is 10.1. The van der Waals surface area contributed by atoms with Crippen molar-refractivity contribution >= 4 is 18.2 Å². The Bertz CT molecular complexity index is 679. The minimum Gasteiger partial charge on any atom is -0.443 e. The van der Waals surface area contributed by atoms with E-state index in [0.717, 1.165) is 0 Å². The van der Waals surface area contributed by atoms with E-state index in [9.17, 15) is 14.4 Å². The molecule has 0 aliphatic carbocycles. The largest absolute Gasteiger partial charge is 0.443 e. The van der Waals surface area contributed by atoms with Crippen LogP contribution in [0.3, 0.4) is 0 Å². The molecule has 8 nitrogen and oxygen atoms in total. The van der Waals surface area contributed by atoms with E-state index in [1.165, 1.54) is 0 Å². The van der Waals surface area contributed by atoms with Crippen LogP contribution < -0.4 is 10.5 Å². The first-order valence-electron chi connectivity index (χ1n) is 10.1. The summed E-state index contributed by atoms with van der Waals surface area (Å²) in [6.07, 6.45) is -0.654. The molecule has 8 heteroatoms. The second kappa shape index (κ2) is 11.0.